The van der Waals surface area contributed by atoms with Crippen molar-refractivity contribution in [2.45, 2.75) is 24.8 Å². The first-order chi connectivity index (χ1) is 8.43. The second-order valence-electron chi connectivity index (χ2n) is 3.67. The van der Waals surface area contributed by atoms with E-state index in [1.807, 2.05) is 0 Å². The Bertz CT molecular complexity index is 526. The van der Waals surface area contributed by atoms with Crippen molar-refractivity contribution in [3.8, 4) is 0 Å². The number of amides is 1. The number of hydrogen-bond acceptors (Lipinski definition) is 4. The lowest BCUT2D eigenvalue weighted by atomic mass is 10.2. The van der Waals surface area contributed by atoms with Gasteiger partial charge < -0.3 is 10.2 Å². The second-order valence-corrected chi connectivity index (χ2v) is 5.53. The summed E-state index contributed by atoms with van der Waals surface area (Å²) in [7, 11) is -4.07. The van der Waals surface area contributed by atoms with Crippen molar-refractivity contribution in [1.29, 1.82) is 0 Å². The van der Waals surface area contributed by atoms with Crippen molar-refractivity contribution in [2.75, 3.05) is 6.54 Å². The van der Waals surface area contributed by atoms with E-state index in [2.05, 4.69) is 0 Å². The highest BCUT2D eigenvalue weighted by Gasteiger charge is 2.28. The zero-order valence-corrected chi connectivity index (χ0v) is 10.7. The summed E-state index contributed by atoms with van der Waals surface area (Å²) < 4.78 is 24.6. The molecule has 0 saturated heterocycles. The topological polar surface area (TPSA) is 94.9 Å². The molecule has 1 amide bonds. The van der Waals surface area contributed by atoms with E-state index in [0.29, 0.717) is 16.3 Å². The van der Waals surface area contributed by atoms with Crippen LogP contribution in [-0.2, 0) is 16.6 Å². The van der Waals surface area contributed by atoms with Crippen LogP contribution in [0.25, 0.3) is 0 Å². The fourth-order valence-electron chi connectivity index (χ4n) is 1.45. The smallest absolute Gasteiger partial charge is 0.421 e. The van der Waals surface area contributed by atoms with Crippen LogP contribution in [0.15, 0.2) is 29.2 Å². The number of aliphatic hydroxyl groups excluding tert-OH is 1. The quantitative estimate of drug-likeness (QED) is 0.842. The summed E-state index contributed by atoms with van der Waals surface area (Å²) in [5.41, 5.74) is 0.415. The highest BCUT2D eigenvalue weighted by Crippen LogP contribution is 2.17. The molecule has 6 nitrogen and oxygen atoms in total. The van der Waals surface area contributed by atoms with E-state index in [4.69, 9.17) is 10.2 Å². The van der Waals surface area contributed by atoms with Gasteiger partial charge in [0, 0.05) is 6.54 Å². The number of carbonyl (C=O) groups is 1. The fourth-order valence-corrected chi connectivity index (χ4v) is 2.89. The molecule has 0 atom stereocenters. The predicted molar refractivity (Wildman–Crippen MR) is 64.6 cm³/mol. The molecular formula is C11H15NO5S. The molecule has 0 aliphatic heterocycles. The molecule has 0 aliphatic carbocycles. The second kappa shape index (κ2) is 5.83. The van der Waals surface area contributed by atoms with Crippen molar-refractivity contribution < 1.29 is 23.4 Å². The Morgan fingerprint density at radius 1 is 1.39 bits per heavy atom. The summed E-state index contributed by atoms with van der Waals surface area (Å²) in [5, 5.41) is 17.9. The van der Waals surface area contributed by atoms with Gasteiger partial charge >= 0.3 is 6.09 Å². The Morgan fingerprint density at radius 2 is 2.06 bits per heavy atom. The molecule has 1 aromatic rings. The lowest BCUT2D eigenvalue weighted by Crippen LogP contribution is -2.36. The third-order valence-corrected chi connectivity index (χ3v) is 4.08. The maximum Gasteiger partial charge on any atom is 0.421 e. The summed E-state index contributed by atoms with van der Waals surface area (Å²) in [5.74, 6) is 0. The van der Waals surface area contributed by atoms with Gasteiger partial charge in [0.1, 0.15) is 0 Å². The molecular weight excluding hydrogens is 258 g/mol. The molecule has 0 heterocycles. The van der Waals surface area contributed by atoms with Crippen molar-refractivity contribution in [1.82, 2.24) is 4.31 Å². The number of carboxylic acid groups (broad SMARTS) is 1. The molecule has 100 valence electrons. The zero-order valence-electron chi connectivity index (χ0n) is 9.91. The van der Waals surface area contributed by atoms with Gasteiger partial charge in [-0.15, -0.1) is 0 Å². The van der Waals surface area contributed by atoms with Crippen LogP contribution < -0.4 is 0 Å². The number of rotatable bonds is 5. The van der Waals surface area contributed by atoms with Gasteiger partial charge in [0.25, 0.3) is 10.0 Å². The Labute approximate surface area is 106 Å². The number of aliphatic hydroxyl groups is 1. The van der Waals surface area contributed by atoms with Crippen LogP contribution >= 0.6 is 0 Å². The number of benzene rings is 1. The SMILES string of the molecule is CCCN(C(=O)O)S(=O)(=O)c1cccc(CO)c1. The number of hydrogen-bond donors (Lipinski definition) is 2. The fraction of sp³-hybridized carbons (Fsp3) is 0.364. The predicted octanol–water partition coefficient (Wildman–Crippen LogP) is 1.26. The van der Waals surface area contributed by atoms with E-state index in [1.54, 1.807) is 13.0 Å². The molecule has 1 rings (SSSR count). The molecule has 0 aromatic heterocycles. The molecule has 0 bridgehead atoms. The van der Waals surface area contributed by atoms with Crippen molar-refractivity contribution in [3.05, 3.63) is 29.8 Å². The van der Waals surface area contributed by atoms with Crippen LogP contribution in [0.3, 0.4) is 0 Å². The summed E-state index contributed by atoms with van der Waals surface area (Å²) in [4.78, 5) is 10.8. The highest BCUT2D eigenvalue weighted by molar-refractivity contribution is 7.89. The standard InChI is InChI=1S/C11H15NO5S/c1-2-6-12(11(14)15)18(16,17)10-5-3-4-9(7-10)8-13/h3-5,7,13H,2,6,8H2,1H3,(H,14,15). The van der Waals surface area contributed by atoms with Gasteiger partial charge in [-0.05, 0) is 24.1 Å². The molecule has 7 heteroatoms. The van der Waals surface area contributed by atoms with E-state index in [0.717, 1.165) is 0 Å². The number of nitrogens with zero attached hydrogens (tertiary/aromatic N) is 1. The van der Waals surface area contributed by atoms with E-state index < -0.39 is 16.1 Å². The van der Waals surface area contributed by atoms with E-state index in [1.165, 1.54) is 18.2 Å². The van der Waals surface area contributed by atoms with E-state index in [9.17, 15) is 13.2 Å². The summed E-state index contributed by atoms with van der Waals surface area (Å²) >= 11 is 0. The molecule has 1 aromatic carbocycles. The minimum absolute atomic E-state index is 0.0962. The lowest BCUT2D eigenvalue weighted by Gasteiger charge is -2.18. The summed E-state index contributed by atoms with van der Waals surface area (Å²) in [6.45, 7) is 1.29. The van der Waals surface area contributed by atoms with Crippen LogP contribution in [0, 0.1) is 0 Å². The minimum Gasteiger partial charge on any atom is -0.464 e. The Morgan fingerprint density at radius 3 is 2.56 bits per heavy atom. The van der Waals surface area contributed by atoms with Gasteiger partial charge in [-0.2, -0.15) is 0 Å². The first kappa shape index (κ1) is 14.5. The van der Waals surface area contributed by atoms with Gasteiger partial charge in [-0.1, -0.05) is 19.1 Å². The lowest BCUT2D eigenvalue weighted by molar-refractivity contribution is 0.172. The third kappa shape index (κ3) is 2.99. The molecule has 0 aliphatic rings. The molecule has 2 N–H and O–H groups in total. The maximum absolute atomic E-state index is 12.1. The van der Waals surface area contributed by atoms with Gasteiger partial charge in [-0.3, -0.25) is 0 Å². The highest BCUT2D eigenvalue weighted by atomic mass is 32.2. The van der Waals surface area contributed by atoms with Gasteiger partial charge in [0.2, 0.25) is 0 Å². The zero-order chi connectivity index (χ0) is 13.8. The van der Waals surface area contributed by atoms with Crippen LogP contribution in [-0.4, -0.2) is 35.6 Å². The van der Waals surface area contributed by atoms with E-state index >= 15 is 0 Å². The molecule has 0 saturated carbocycles. The molecule has 18 heavy (non-hydrogen) atoms. The summed E-state index contributed by atoms with van der Waals surface area (Å²) in [6.07, 6.45) is -1.11. The Kier molecular flexibility index (Phi) is 4.69. The van der Waals surface area contributed by atoms with Crippen LogP contribution in [0.1, 0.15) is 18.9 Å². The van der Waals surface area contributed by atoms with E-state index in [-0.39, 0.29) is 18.0 Å². The monoisotopic (exact) mass is 273 g/mol. The van der Waals surface area contributed by atoms with Crippen molar-refractivity contribution >= 4 is 16.1 Å². The molecule has 0 radical (unpaired) electrons. The first-order valence-electron chi connectivity index (χ1n) is 5.39. The molecule has 0 unspecified atom stereocenters. The van der Waals surface area contributed by atoms with Gasteiger partial charge in [-0.25, -0.2) is 17.5 Å². The average Bonchev–Trinajstić information content (AvgIpc) is 2.35. The Hall–Kier alpha value is -1.60. The maximum atomic E-state index is 12.1. The average molecular weight is 273 g/mol. The normalized spacial score (nSPS) is 11.2. The van der Waals surface area contributed by atoms with Gasteiger partial charge in [0.05, 0.1) is 11.5 Å². The van der Waals surface area contributed by atoms with Crippen LogP contribution in [0.2, 0.25) is 0 Å². The molecule has 0 spiro atoms. The largest absolute Gasteiger partial charge is 0.464 e. The molecule has 0 fully saturated rings. The Balaban J connectivity index is 3.21. The van der Waals surface area contributed by atoms with Crippen LogP contribution in [0.4, 0.5) is 4.79 Å². The van der Waals surface area contributed by atoms with Gasteiger partial charge in [0.15, 0.2) is 0 Å². The van der Waals surface area contributed by atoms with Crippen LogP contribution in [0.5, 0.6) is 0 Å². The van der Waals surface area contributed by atoms with Crippen molar-refractivity contribution in [2.24, 2.45) is 0 Å². The number of sulfonamides is 1. The first-order valence-corrected chi connectivity index (χ1v) is 6.83. The third-order valence-electron chi connectivity index (χ3n) is 2.31. The minimum atomic E-state index is -4.07. The summed E-state index contributed by atoms with van der Waals surface area (Å²) in [6, 6.07) is 5.59. The van der Waals surface area contributed by atoms with Crippen molar-refractivity contribution in [3.63, 3.8) is 0 Å².